The van der Waals surface area contributed by atoms with Crippen LogP contribution >= 0.6 is 0 Å². The van der Waals surface area contributed by atoms with Gasteiger partial charge in [0.1, 0.15) is 11.5 Å². The highest BCUT2D eigenvalue weighted by molar-refractivity contribution is 7.90. The molecule has 0 aliphatic heterocycles. The van der Waals surface area contributed by atoms with Crippen LogP contribution in [0.1, 0.15) is 21.9 Å². The molecule has 4 rings (SSSR count). The van der Waals surface area contributed by atoms with Gasteiger partial charge in [0.2, 0.25) is 0 Å². The molecule has 0 radical (unpaired) electrons. The third-order valence-corrected chi connectivity index (χ3v) is 6.66. The van der Waals surface area contributed by atoms with Gasteiger partial charge in [-0.3, -0.25) is 4.79 Å². The predicted molar refractivity (Wildman–Crippen MR) is 130 cm³/mol. The second-order valence-electron chi connectivity index (χ2n) is 7.74. The van der Waals surface area contributed by atoms with E-state index in [1.54, 1.807) is 37.3 Å². The molecule has 0 saturated heterocycles. The van der Waals surface area contributed by atoms with E-state index in [1.165, 1.54) is 30.3 Å². The lowest BCUT2D eigenvalue weighted by Crippen LogP contribution is -2.30. The van der Waals surface area contributed by atoms with Gasteiger partial charge in [-0.25, -0.2) is 13.1 Å². The van der Waals surface area contributed by atoms with Crippen LogP contribution in [0.15, 0.2) is 94.2 Å². The molecule has 3 aromatic carbocycles. The number of nitrogens with one attached hydrogen (secondary N) is 2. The summed E-state index contributed by atoms with van der Waals surface area (Å²) in [6.07, 6.45) is 0. The van der Waals surface area contributed by atoms with Gasteiger partial charge >= 0.3 is 12.5 Å². The van der Waals surface area contributed by atoms with Gasteiger partial charge in [0, 0.05) is 23.4 Å². The van der Waals surface area contributed by atoms with Crippen molar-refractivity contribution in [2.75, 3.05) is 5.32 Å². The fourth-order valence-corrected chi connectivity index (χ4v) is 4.51. The molecule has 0 aliphatic rings. The number of sulfonamides is 1. The zero-order valence-electron chi connectivity index (χ0n) is 19.1. The van der Waals surface area contributed by atoms with Crippen LogP contribution in [0.3, 0.4) is 0 Å². The number of amides is 1. The van der Waals surface area contributed by atoms with Gasteiger partial charge in [0.15, 0.2) is 5.76 Å². The van der Waals surface area contributed by atoms with Gasteiger partial charge in [0.25, 0.3) is 10.0 Å². The molecule has 4 aromatic rings. The topological polar surface area (TPSA) is 97.6 Å². The lowest BCUT2D eigenvalue weighted by molar-refractivity contribution is -0.0498. The van der Waals surface area contributed by atoms with Crippen molar-refractivity contribution in [2.24, 2.45) is 0 Å². The summed E-state index contributed by atoms with van der Waals surface area (Å²) >= 11 is 0. The number of halogens is 2. The number of rotatable bonds is 9. The Morgan fingerprint density at radius 3 is 2.33 bits per heavy atom. The number of benzene rings is 3. The van der Waals surface area contributed by atoms with E-state index in [1.807, 2.05) is 29.0 Å². The Kier molecular flexibility index (Phi) is 7.35. The highest BCUT2D eigenvalue weighted by Gasteiger charge is 2.22. The molecular formula is C26H22F2N2O5S. The lowest BCUT2D eigenvalue weighted by atomic mass is 10.0. The lowest BCUT2D eigenvalue weighted by Gasteiger charge is -2.13. The van der Waals surface area contributed by atoms with Crippen molar-refractivity contribution in [1.29, 1.82) is 0 Å². The summed E-state index contributed by atoms with van der Waals surface area (Å²) < 4.78 is 61.6. The summed E-state index contributed by atoms with van der Waals surface area (Å²) in [5.41, 5.74) is 3.04. The van der Waals surface area contributed by atoms with Crippen LogP contribution in [0.25, 0.3) is 11.1 Å². The van der Waals surface area contributed by atoms with Crippen LogP contribution in [0.4, 0.5) is 14.5 Å². The molecular weight excluding hydrogens is 490 g/mol. The average Bonchev–Trinajstić information content (AvgIpc) is 3.24. The van der Waals surface area contributed by atoms with Crippen molar-refractivity contribution in [1.82, 2.24) is 4.72 Å². The van der Waals surface area contributed by atoms with E-state index >= 15 is 0 Å². The molecule has 1 heterocycles. The van der Waals surface area contributed by atoms with E-state index in [2.05, 4.69) is 10.1 Å². The maximum absolute atomic E-state index is 12.5. The number of hydrogen-bond donors (Lipinski definition) is 2. The van der Waals surface area contributed by atoms with Gasteiger partial charge in [-0.2, -0.15) is 8.78 Å². The van der Waals surface area contributed by atoms with E-state index in [0.717, 1.165) is 16.8 Å². The van der Waals surface area contributed by atoms with E-state index in [9.17, 15) is 22.0 Å². The number of aryl methyl sites for hydroxylation is 1. The molecule has 0 spiro atoms. The van der Waals surface area contributed by atoms with Crippen molar-refractivity contribution >= 4 is 21.6 Å². The van der Waals surface area contributed by atoms with Crippen LogP contribution in [-0.4, -0.2) is 20.9 Å². The van der Waals surface area contributed by atoms with Crippen molar-refractivity contribution in [3.63, 3.8) is 0 Å². The Labute approximate surface area is 206 Å². The first-order valence-electron chi connectivity index (χ1n) is 10.8. The van der Waals surface area contributed by atoms with Crippen molar-refractivity contribution in [3.05, 3.63) is 102 Å². The third-order valence-electron chi connectivity index (χ3n) is 5.31. The summed E-state index contributed by atoms with van der Waals surface area (Å²) in [5, 5.41) is 3.28. The van der Waals surface area contributed by atoms with Crippen LogP contribution in [0.5, 0.6) is 5.75 Å². The smallest absolute Gasteiger partial charge is 0.387 e. The molecule has 7 nitrogen and oxygen atoms in total. The molecule has 0 unspecified atom stereocenters. The van der Waals surface area contributed by atoms with Gasteiger partial charge in [-0.1, -0.05) is 48.5 Å². The van der Waals surface area contributed by atoms with Crippen LogP contribution in [0.2, 0.25) is 0 Å². The van der Waals surface area contributed by atoms with E-state index in [0.29, 0.717) is 11.3 Å². The number of para-hydroxylation sites is 1. The first kappa shape index (κ1) is 24.9. The largest absolute Gasteiger partial charge is 0.456 e. The van der Waals surface area contributed by atoms with Crippen LogP contribution in [0, 0.1) is 6.92 Å². The summed E-state index contributed by atoms with van der Waals surface area (Å²) in [6, 6.07) is 22.8. The monoisotopic (exact) mass is 512 g/mol. The van der Waals surface area contributed by atoms with E-state index < -0.39 is 22.5 Å². The average molecular weight is 513 g/mol. The summed E-state index contributed by atoms with van der Waals surface area (Å²) in [6.45, 7) is -0.932. The number of hydrogen-bond acceptors (Lipinski definition) is 6. The molecule has 2 N–H and O–H groups in total. The maximum Gasteiger partial charge on any atom is 0.387 e. The minimum Gasteiger partial charge on any atom is -0.456 e. The molecule has 10 heteroatoms. The molecule has 36 heavy (non-hydrogen) atoms. The van der Waals surface area contributed by atoms with Gasteiger partial charge in [-0.15, -0.1) is 0 Å². The molecule has 0 saturated carbocycles. The quantitative estimate of drug-likeness (QED) is 0.304. The first-order valence-corrected chi connectivity index (χ1v) is 12.3. The summed E-state index contributed by atoms with van der Waals surface area (Å²) in [5.74, 6) is -0.490. The third kappa shape index (κ3) is 5.89. The Morgan fingerprint density at radius 1 is 0.972 bits per heavy atom. The number of carbonyl (C=O) groups excluding carboxylic acids is 1. The fourth-order valence-electron chi connectivity index (χ4n) is 3.53. The number of ether oxygens (including phenoxy) is 1. The van der Waals surface area contributed by atoms with E-state index in [-0.39, 0.29) is 22.9 Å². The highest BCUT2D eigenvalue weighted by atomic mass is 32.2. The maximum atomic E-state index is 12.5. The molecule has 1 aromatic heterocycles. The van der Waals surface area contributed by atoms with Crippen molar-refractivity contribution in [3.8, 4) is 16.9 Å². The number of furan rings is 1. The Balaban J connectivity index is 1.47. The summed E-state index contributed by atoms with van der Waals surface area (Å²) in [7, 11) is -4.04. The molecule has 0 fully saturated rings. The number of carbonyl (C=O) groups is 1. The molecule has 0 atom stereocenters. The first-order chi connectivity index (χ1) is 17.2. The van der Waals surface area contributed by atoms with Crippen LogP contribution < -0.4 is 14.8 Å². The molecule has 0 bridgehead atoms. The Hall–Kier alpha value is -4.18. The van der Waals surface area contributed by atoms with Gasteiger partial charge < -0.3 is 14.5 Å². The van der Waals surface area contributed by atoms with Crippen molar-refractivity contribution in [2.45, 2.75) is 25.0 Å². The normalized spacial score (nSPS) is 11.3. The van der Waals surface area contributed by atoms with Gasteiger partial charge in [0.05, 0.1) is 4.90 Å². The van der Waals surface area contributed by atoms with Crippen molar-refractivity contribution < 1.29 is 31.1 Å². The number of anilines is 1. The Bertz CT molecular complexity index is 1450. The number of alkyl halides is 2. The second kappa shape index (κ2) is 10.6. The predicted octanol–water partition coefficient (Wildman–Crippen LogP) is 5.59. The minimum absolute atomic E-state index is 0.0334. The van der Waals surface area contributed by atoms with Crippen LogP contribution in [-0.2, 0) is 16.6 Å². The second-order valence-corrected chi connectivity index (χ2v) is 9.42. The standard InChI is InChI=1S/C26H22F2N2O5S/c1-17-19(15-24(34-17)25(31)30-36(32,33)21-7-3-2-4-8-21)16-29-23-10-6-5-9-22(23)18-11-13-20(14-12-18)35-26(27)28/h2-15,26,29H,16H2,1H3,(H,30,31). The van der Waals surface area contributed by atoms with E-state index in [4.69, 9.17) is 4.42 Å². The van der Waals surface area contributed by atoms with Gasteiger partial charge in [-0.05, 0) is 48.9 Å². The zero-order chi connectivity index (χ0) is 25.7. The SMILES string of the molecule is Cc1oc(C(=O)NS(=O)(=O)c2ccccc2)cc1CNc1ccccc1-c1ccc(OC(F)F)cc1. The minimum atomic E-state index is -4.04. The zero-order valence-corrected chi connectivity index (χ0v) is 19.9. The Morgan fingerprint density at radius 2 is 1.64 bits per heavy atom. The molecule has 186 valence electrons. The highest BCUT2D eigenvalue weighted by Crippen LogP contribution is 2.30. The fraction of sp³-hybridized carbons (Fsp3) is 0.115. The molecule has 1 amide bonds. The summed E-state index contributed by atoms with van der Waals surface area (Å²) in [4.78, 5) is 12.5. The molecule has 0 aliphatic carbocycles.